The molecule has 6 N–H and O–H groups in total. The largest absolute Gasteiger partial charge is 0.489 e. The zero-order valence-corrected chi connectivity index (χ0v) is 20.8. The SMILES string of the molecule is C[C@]1(C(N)=O)COc2c1cc([C@@](O)(CNC(=O)c1ccc3nc(N)cn3c1)C(F)(F)F)nc2-c1ccc(F)cc1. The number of ether oxygens (including phenoxy) is 1. The van der Waals surface area contributed by atoms with E-state index in [9.17, 15) is 32.3 Å². The second kappa shape index (κ2) is 9.19. The van der Waals surface area contributed by atoms with Crippen LogP contribution in [-0.4, -0.2) is 50.6 Å². The normalized spacial score (nSPS) is 18.1. The van der Waals surface area contributed by atoms with Crippen molar-refractivity contribution in [1.82, 2.24) is 19.7 Å². The lowest BCUT2D eigenvalue weighted by Gasteiger charge is -2.31. The van der Waals surface area contributed by atoms with Gasteiger partial charge in [0.2, 0.25) is 11.5 Å². The summed E-state index contributed by atoms with van der Waals surface area (Å²) in [7, 11) is 0. The van der Waals surface area contributed by atoms with Crippen molar-refractivity contribution in [3.63, 3.8) is 0 Å². The molecule has 4 aromatic rings. The fraction of sp³-hybridized carbons (Fsp3) is 0.231. The van der Waals surface area contributed by atoms with Crippen LogP contribution >= 0.6 is 0 Å². The Kier molecular flexibility index (Phi) is 6.17. The standard InChI is InChI=1S/C26H22F4N6O4/c1-24(23(32)38)12-40-21-16(24)8-17(34-20(21)13-2-5-15(27)6-3-13)25(39,26(28,29)30)11-33-22(37)14-4-7-19-35-18(31)10-36(19)9-14/h2-10,39H,11-12,31H2,1H3,(H2,32,38)(H,33,37)/t24-,25-/m0/s1. The highest BCUT2D eigenvalue weighted by atomic mass is 19.4. The van der Waals surface area contributed by atoms with E-state index in [4.69, 9.17) is 16.2 Å². The van der Waals surface area contributed by atoms with Gasteiger partial charge in [-0.05, 0) is 49.4 Å². The molecule has 0 aliphatic carbocycles. The summed E-state index contributed by atoms with van der Waals surface area (Å²) in [4.78, 5) is 33.2. The van der Waals surface area contributed by atoms with Gasteiger partial charge >= 0.3 is 6.18 Å². The third-order valence-corrected chi connectivity index (χ3v) is 6.86. The summed E-state index contributed by atoms with van der Waals surface area (Å²) >= 11 is 0. The average molecular weight is 558 g/mol. The number of nitrogens with two attached hydrogens (primary N) is 2. The fourth-order valence-electron chi connectivity index (χ4n) is 4.39. The van der Waals surface area contributed by atoms with E-state index < -0.39 is 47.1 Å². The minimum atomic E-state index is -5.34. The number of hydrogen-bond donors (Lipinski definition) is 4. The number of carbonyl (C=O) groups is 2. The molecule has 40 heavy (non-hydrogen) atoms. The molecule has 208 valence electrons. The molecule has 10 nitrogen and oxygen atoms in total. The monoisotopic (exact) mass is 558 g/mol. The molecule has 1 aliphatic rings. The number of halogens is 4. The summed E-state index contributed by atoms with van der Waals surface area (Å²) in [6.45, 7) is -0.242. The molecule has 0 saturated carbocycles. The molecule has 2 amide bonds. The highest BCUT2D eigenvalue weighted by Crippen LogP contribution is 2.47. The van der Waals surface area contributed by atoms with Crippen LogP contribution in [0.3, 0.4) is 0 Å². The zero-order chi connectivity index (χ0) is 29.0. The third kappa shape index (κ3) is 4.35. The van der Waals surface area contributed by atoms with Crippen LogP contribution in [-0.2, 0) is 15.8 Å². The number of nitrogens with one attached hydrogen (secondary N) is 1. The molecule has 14 heteroatoms. The number of alkyl halides is 3. The average Bonchev–Trinajstić information content (AvgIpc) is 3.45. The predicted octanol–water partition coefficient (Wildman–Crippen LogP) is 2.43. The topological polar surface area (TPSA) is 158 Å². The number of aromatic nitrogens is 3. The number of hydrogen-bond acceptors (Lipinski definition) is 7. The number of imidazole rings is 1. The van der Waals surface area contributed by atoms with E-state index in [1.165, 1.54) is 48.0 Å². The molecule has 0 unspecified atom stereocenters. The van der Waals surface area contributed by atoms with Gasteiger partial charge in [-0.1, -0.05) is 0 Å². The molecule has 1 aromatic carbocycles. The number of benzene rings is 1. The van der Waals surface area contributed by atoms with E-state index in [-0.39, 0.29) is 40.6 Å². The summed E-state index contributed by atoms with van der Waals surface area (Å²) in [5.41, 5.74) is 5.33. The molecular weight excluding hydrogens is 536 g/mol. The van der Waals surface area contributed by atoms with Gasteiger partial charge in [-0.3, -0.25) is 9.59 Å². The van der Waals surface area contributed by atoms with Crippen molar-refractivity contribution in [3.05, 3.63) is 77.5 Å². The highest BCUT2D eigenvalue weighted by Gasteiger charge is 2.57. The van der Waals surface area contributed by atoms with Crippen LogP contribution in [0.2, 0.25) is 0 Å². The number of pyridine rings is 2. The number of aliphatic hydroxyl groups is 1. The number of carbonyl (C=O) groups excluding carboxylic acids is 2. The quantitative estimate of drug-likeness (QED) is 0.265. The van der Waals surface area contributed by atoms with Crippen molar-refractivity contribution in [1.29, 1.82) is 0 Å². The first-order valence-electron chi connectivity index (χ1n) is 11.8. The van der Waals surface area contributed by atoms with E-state index in [0.717, 1.165) is 18.2 Å². The van der Waals surface area contributed by atoms with Crippen LogP contribution < -0.4 is 21.5 Å². The van der Waals surface area contributed by atoms with Crippen molar-refractivity contribution in [2.75, 3.05) is 18.9 Å². The molecule has 1 aliphatic heterocycles. The second-order valence-corrected chi connectivity index (χ2v) is 9.61. The van der Waals surface area contributed by atoms with Gasteiger partial charge in [-0.25, -0.2) is 14.4 Å². The Balaban J connectivity index is 1.58. The summed E-state index contributed by atoms with van der Waals surface area (Å²) in [6.07, 6.45) is -2.61. The first-order valence-corrected chi connectivity index (χ1v) is 11.8. The Bertz CT molecular complexity index is 1660. The Morgan fingerprint density at radius 3 is 2.50 bits per heavy atom. The van der Waals surface area contributed by atoms with Gasteiger partial charge in [0, 0.05) is 17.3 Å². The van der Waals surface area contributed by atoms with Gasteiger partial charge in [-0.2, -0.15) is 13.2 Å². The Labute approximate surface area is 223 Å². The summed E-state index contributed by atoms with van der Waals surface area (Å²) in [5.74, 6) is -2.27. The van der Waals surface area contributed by atoms with Crippen LogP contribution in [0.4, 0.5) is 23.4 Å². The highest BCUT2D eigenvalue weighted by molar-refractivity contribution is 5.94. The van der Waals surface area contributed by atoms with Crippen molar-refractivity contribution >= 4 is 23.3 Å². The van der Waals surface area contributed by atoms with Crippen molar-refractivity contribution in [2.45, 2.75) is 24.1 Å². The molecule has 0 radical (unpaired) electrons. The Hall–Kier alpha value is -4.72. The number of fused-ring (bicyclic) bond motifs is 2. The maximum Gasteiger partial charge on any atom is 0.424 e. The molecule has 4 heterocycles. The summed E-state index contributed by atoms with van der Waals surface area (Å²) in [6, 6.07) is 8.33. The van der Waals surface area contributed by atoms with Gasteiger partial charge < -0.3 is 31.0 Å². The van der Waals surface area contributed by atoms with Gasteiger partial charge in [0.05, 0.1) is 24.0 Å². The number of anilines is 1. The zero-order valence-electron chi connectivity index (χ0n) is 20.8. The second-order valence-electron chi connectivity index (χ2n) is 9.61. The molecular formula is C26H22F4N6O4. The van der Waals surface area contributed by atoms with Crippen LogP contribution in [0, 0.1) is 5.82 Å². The number of rotatable bonds is 6. The van der Waals surface area contributed by atoms with Crippen molar-refractivity contribution in [3.8, 4) is 17.0 Å². The molecule has 0 fully saturated rings. The minimum absolute atomic E-state index is 0.0295. The van der Waals surface area contributed by atoms with E-state index in [0.29, 0.717) is 5.65 Å². The number of nitrogens with zero attached hydrogens (tertiary/aromatic N) is 3. The lowest BCUT2D eigenvalue weighted by atomic mass is 9.81. The fourth-order valence-corrected chi connectivity index (χ4v) is 4.39. The Morgan fingerprint density at radius 1 is 1.15 bits per heavy atom. The molecule has 0 saturated heterocycles. The molecule has 0 spiro atoms. The van der Waals surface area contributed by atoms with Gasteiger partial charge in [0.25, 0.3) is 5.91 Å². The molecule has 0 bridgehead atoms. The smallest absolute Gasteiger partial charge is 0.424 e. The van der Waals surface area contributed by atoms with Crippen LogP contribution in [0.25, 0.3) is 16.9 Å². The van der Waals surface area contributed by atoms with Crippen LogP contribution in [0.15, 0.2) is 54.9 Å². The first kappa shape index (κ1) is 26.9. The number of amides is 2. The summed E-state index contributed by atoms with van der Waals surface area (Å²) in [5, 5.41) is 13.2. The van der Waals surface area contributed by atoms with Gasteiger partial charge in [-0.15, -0.1) is 0 Å². The molecule has 3 aromatic heterocycles. The van der Waals surface area contributed by atoms with Gasteiger partial charge in [0.15, 0.2) is 0 Å². The van der Waals surface area contributed by atoms with Crippen LogP contribution in [0.1, 0.15) is 28.5 Å². The number of nitrogen functional groups attached to an aromatic ring is 1. The third-order valence-electron chi connectivity index (χ3n) is 6.86. The predicted molar refractivity (Wildman–Crippen MR) is 134 cm³/mol. The molecule has 5 rings (SSSR count). The molecule has 2 atom stereocenters. The van der Waals surface area contributed by atoms with Crippen molar-refractivity contribution in [2.24, 2.45) is 5.73 Å². The lowest BCUT2D eigenvalue weighted by Crippen LogP contribution is -2.51. The minimum Gasteiger partial charge on any atom is -0.489 e. The maximum atomic E-state index is 14.5. The number of primary amides is 1. The Morgan fingerprint density at radius 2 is 1.85 bits per heavy atom. The van der Waals surface area contributed by atoms with E-state index in [1.54, 1.807) is 0 Å². The first-order chi connectivity index (χ1) is 18.7. The summed E-state index contributed by atoms with van der Waals surface area (Å²) < 4.78 is 64.1. The van der Waals surface area contributed by atoms with E-state index in [1.807, 2.05) is 0 Å². The van der Waals surface area contributed by atoms with Crippen LogP contribution in [0.5, 0.6) is 5.75 Å². The van der Waals surface area contributed by atoms with Crippen molar-refractivity contribution < 1.29 is 37.0 Å². The lowest BCUT2D eigenvalue weighted by molar-refractivity contribution is -0.265. The van der Waals surface area contributed by atoms with E-state index in [2.05, 4.69) is 15.3 Å². The van der Waals surface area contributed by atoms with Gasteiger partial charge in [0.1, 0.15) is 40.7 Å². The van der Waals surface area contributed by atoms with E-state index >= 15 is 0 Å². The maximum absolute atomic E-state index is 14.5.